The molecule has 2 aromatic heterocycles. The van der Waals surface area contributed by atoms with Crippen molar-refractivity contribution in [2.24, 2.45) is 5.73 Å². The number of aromatic amines is 2. The van der Waals surface area contributed by atoms with E-state index in [0.29, 0.717) is 17.0 Å². The van der Waals surface area contributed by atoms with E-state index in [4.69, 9.17) is 5.73 Å². The van der Waals surface area contributed by atoms with Crippen LogP contribution in [-0.2, 0) is 0 Å². The number of nitrogens with two attached hydrogens (primary N) is 1. The highest BCUT2D eigenvalue weighted by Crippen LogP contribution is 2.15. The molecule has 0 saturated heterocycles. The Kier molecular flexibility index (Phi) is 3.08. The van der Waals surface area contributed by atoms with Crippen LogP contribution in [0.25, 0.3) is 11.2 Å². The molecule has 2 unspecified atom stereocenters. The van der Waals surface area contributed by atoms with E-state index in [1.165, 1.54) is 4.57 Å². The number of fused-ring (bicyclic) bond motifs is 1. The van der Waals surface area contributed by atoms with Gasteiger partial charge in [0.2, 0.25) is 0 Å². The standard InChI is InChI=1S/C11H17N5O2/c1-4-5(2)16-9-7(10(17)15-11(16)18)13-8(14-9)6(3)12/h5-6H,4,12H2,1-3H3,(H,13,14)(H,15,17,18). The molecule has 0 aliphatic heterocycles. The molecule has 0 radical (unpaired) electrons. The SMILES string of the molecule is CCC(C)n1c(=O)[nH]c(=O)c2[nH]c(C(C)N)nc21. The van der Waals surface area contributed by atoms with Gasteiger partial charge in [-0.25, -0.2) is 9.78 Å². The number of hydrogen-bond donors (Lipinski definition) is 3. The molecule has 2 atom stereocenters. The summed E-state index contributed by atoms with van der Waals surface area (Å²) in [5.41, 5.74) is 5.49. The second-order valence-electron chi connectivity index (χ2n) is 4.50. The van der Waals surface area contributed by atoms with Crippen LogP contribution < -0.4 is 17.0 Å². The molecular weight excluding hydrogens is 234 g/mol. The third-order valence-electron chi connectivity index (χ3n) is 3.06. The Balaban J connectivity index is 2.85. The fraction of sp³-hybridized carbons (Fsp3) is 0.545. The van der Waals surface area contributed by atoms with Crippen LogP contribution in [0.5, 0.6) is 0 Å². The second kappa shape index (κ2) is 4.41. The predicted molar refractivity (Wildman–Crippen MR) is 68.6 cm³/mol. The highest BCUT2D eigenvalue weighted by atomic mass is 16.2. The van der Waals surface area contributed by atoms with Crippen LogP contribution in [0.3, 0.4) is 0 Å². The number of aromatic nitrogens is 4. The molecule has 0 fully saturated rings. The van der Waals surface area contributed by atoms with Gasteiger partial charge in [-0.05, 0) is 20.3 Å². The summed E-state index contributed by atoms with van der Waals surface area (Å²) in [5, 5.41) is 0. The summed E-state index contributed by atoms with van der Waals surface area (Å²) >= 11 is 0. The van der Waals surface area contributed by atoms with Crippen LogP contribution in [-0.4, -0.2) is 19.5 Å². The van der Waals surface area contributed by atoms with Crippen molar-refractivity contribution >= 4 is 11.2 Å². The third-order valence-corrected chi connectivity index (χ3v) is 3.06. The molecule has 98 valence electrons. The number of rotatable bonds is 3. The van der Waals surface area contributed by atoms with Gasteiger partial charge in [-0.15, -0.1) is 0 Å². The van der Waals surface area contributed by atoms with Crippen molar-refractivity contribution in [3.8, 4) is 0 Å². The predicted octanol–water partition coefficient (Wildman–Crippen LogP) is 0.404. The van der Waals surface area contributed by atoms with Crippen molar-refractivity contribution in [2.75, 3.05) is 0 Å². The minimum Gasteiger partial charge on any atom is -0.335 e. The first-order chi connectivity index (χ1) is 8.45. The monoisotopic (exact) mass is 251 g/mol. The molecule has 0 spiro atoms. The Bertz CT molecular complexity index is 679. The van der Waals surface area contributed by atoms with Gasteiger partial charge in [0.05, 0.1) is 6.04 Å². The Hall–Kier alpha value is -1.89. The van der Waals surface area contributed by atoms with Gasteiger partial charge in [-0.3, -0.25) is 14.3 Å². The number of nitrogens with one attached hydrogen (secondary N) is 2. The molecule has 18 heavy (non-hydrogen) atoms. The summed E-state index contributed by atoms with van der Waals surface area (Å²) in [6.07, 6.45) is 0.765. The third kappa shape index (κ3) is 1.86. The number of nitrogens with zero attached hydrogens (tertiary/aromatic N) is 2. The van der Waals surface area contributed by atoms with Crippen molar-refractivity contribution < 1.29 is 0 Å². The minimum absolute atomic E-state index is 0.0407. The van der Waals surface area contributed by atoms with E-state index in [2.05, 4.69) is 15.0 Å². The average Bonchev–Trinajstić information content (AvgIpc) is 2.73. The zero-order valence-corrected chi connectivity index (χ0v) is 10.7. The highest BCUT2D eigenvalue weighted by Gasteiger charge is 2.17. The van der Waals surface area contributed by atoms with Crippen LogP contribution in [0.1, 0.15) is 45.1 Å². The van der Waals surface area contributed by atoms with Gasteiger partial charge in [0.25, 0.3) is 5.56 Å². The van der Waals surface area contributed by atoms with Crippen molar-refractivity contribution in [1.82, 2.24) is 19.5 Å². The largest absolute Gasteiger partial charge is 0.335 e. The highest BCUT2D eigenvalue weighted by molar-refractivity contribution is 5.69. The van der Waals surface area contributed by atoms with Gasteiger partial charge >= 0.3 is 5.69 Å². The molecule has 2 rings (SSSR count). The smallest absolute Gasteiger partial charge is 0.330 e. The quantitative estimate of drug-likeness (QED) is 0.733. The van der Waals surface area contributed by atoms with Crippen LogP contribution in [0.4, 0.5) is 0 Å². The summed E-state index contributed by atoms with van der Waals surface area (Å²) in [7, 11) is 0. The summed E-state index contributed by atoms with van der Waals surface area (Å²) < 4.78 is 1.49. The van der Waals surface area contributed by atoms with Gasteiger partial charge < -0.3 is 10.7 Å². The molecule has 0 aliphatic carbocycles. The van der Waals surface area contributed by atoms with E-state index >= 15 is 0 Å². The van der Waals surface area contributed by atoms with E-state index in [-0.39, 0.29) is 12.1 Å². The van der Waals surface area contributed by atoms with Crippen molar-refractivity contribution in [1.29, 1.82) is 0 Å². The van der Waals surface area contributed by atoms with Gasteiger partial charge in [0.1, 0.15) is 11.3 Å². The zero-order valence-electron chi connectivity index (χ0n) is 10.7. The maximum absolute atomic E-state index is 11.9. The molecule has 0 aliphatic rings. The summed E-state index contributed by atoms with van der Waals surface area (Å²) in [6.45, 7) is 5.63. The lowest BCUT2D eigenvalue weighted by Crippen LogP contribution is -2.32. The van der Waals surface area contributed by atoms with E-state index in [1.807, 2.05) is 13.8 Å². The fourth-order valence-corrected chi connectivity index (χ4v) is 1.84. The Morgan fingerprint density at radius 1 is 1.33 bits per heavy atom. The van der Waals surface area contributed by atoms with E-state index in [0.717, 1.165) is 6.42 Å². The van der Waals surface area contributed by atoms with E-state index < -0.39 is 11.2 Å². The number of imidazole rings is 1. The molecule has 2 aromatic rings. The van der Waals surface area contributed by atoms with Crippen molar-refractivity contribution in [2.45, 2.75) is 39.3 Å². The minimum atomic E-state index is -0.464. The van der Waals surface area contributed by atoms with Crippen LogP contribution in [0.2, 0.25) is 0 Å². The van der Waals surface area contributed by atoms with Crippen molar-refractivity contribution in [3.05, 3.63) is 26.7 Å². The lowest BCUT2D eigenvalue weighted by Gasteiger charge is -2.12. The van der Waals surface area contributed by atoms with Crippen LogP contribution in [0, 0.1) is 0 Å². The molecule has 0 aromatic carbocycles. The summed E-state index contributed by atoms with van der Waals surface area (Å²) in [4.78, 5) is 33.0. The Labute approximate surface area is 103 Å². The molecule has 2 heterocycles. The Morgan fingerprint density at radius 3 is 2.56 bits per heavy atom. The van der Waals surface area contributed by atoms with Crippen molar-refractivity contribution in [3.63, 3.8) is 0 Å². The van der Waals surface area contributed by atoms with Gasteiger partial charge in [0, 0.05) is 6.04 Å². The lowest BCUT2D eigenvalue weighted by molar-refractivity contribution is 0.517. The zero-order chi connectivity index (χ0) is 13.4. The molecular formula is C11H17N5O2. The second-order valence-corrected chi connectivity index (χ2v) is 4.50. The van der Waals surface area contributed by atoms with Gasteiger partial charge in [-0.1, -0.05) is 6.92 Å². The molecule has 4 N–H and O–H groups in total. The van der Waals surface area contributed by atoms with E-state index in [9.17, 15) is 9.59 Å². The fourth-order valence-electron chi connectivity index (χ4n) is 1.84. The maximum atomic E-state index is 11.9. The molecule has 7 heteroatoms. The first-order valence-corrected chi connectivity index (χ1v) is 5.95. The van der Waals surface area contributed by atoms with Gasteiger partial charge in [-0.2, -0.15) is 0 Å². The topological polar surface area (TPSA) is 110 Å². The first kappa shape index (κ1) is 12.6. The molecule has 0 bridgehead atoms. The van der Waals surface area contributed by atoms with Crippen LogP contribution in [0.15, 0.2) is 9.59 Å². The number of hydrogen-bond acceptors (Lipinski definition) is 4. The number of H-pyrrole nitrogens is 2. The normalized spacial score (nSPS) is 14.9. The summed E-state index contributed by atoms with van der Waals surface area (Å²) in [5.74, 6) is 0.498. The lowest BCUT2D eigenvalue weighted by atomic mass is 10.2. The van der Waals surface area contributed by atoms with Gasteiger partial charge in [0.15, 0.2) is 5.65 Å². The maximum Gasteiger partial charge on any atom is 0.330 e. The van der Waals surface area contributed by atoms with Crippen LogP contribution >= 0.6 is 0 Å². The Morgan fingerprint density at radius 2 is 2.00 bits per heavy atom. The first-order valence-electron chi connectivity index (χ1n) is 5.95. The molecule has 0 amide bonds. The molecule has 7 nitrogen and oxygen atoms in total. The summed E-state index contributed by atoms with van der Waals surface area (Å²) in [6, 6.07) is -0.363. The molecule has 0 saturated carbocycles. The average molecular weight is 251 g/mol. The van der Waals surface area contributed by atoms with E-state index in [1.54, 1.807) is 6.92 Å².